The van der Waals surface area contributed by atoms with E-state index in [1.807, 2.05) is 6.07 Å². The van der Waals surface area contributed by atoms with Crippen LogP contribution in [-0.4, -0.2) is 4.92 Å². The Morgan fingerprint density at radius 3 is 2.50 bits per heavy atom. The van der Waals surface area contributed by atoms with Crippen LogP contribution in [0.3, 0.4) is 0 Å². The van der Waals surface area contributed by atoms with Gasteiger partial charge in [0.15, 0.2) is 0 Å². The summed E-state index contributed by atoms with van der Waals surface area (Å²) in [5.74, 6) is 0. The van der Waals surface area contributed by atoms with Crippen molar-refractivity contribution in [3.8, 4) is 0 Å². The van der Waals surface area contributed by atoms with Crippen molar-refractivity contribution in [1.29, 1.82) is 0 Å². The Bertz CT molecular complexity index is 388. The molecule has 1 aromatic rings. The molecule has 0 heterocycles. The summed E-state index contributed by atoms with van der Waals surface area (Å²) in [7, 11) is 0. The van der Waals surface area contributed by atoms with Crippen LogP contribution in [0.1, 0.15) is 56.6 Å². The Hall–Kier alpha value is -1.38. The van der Waals surface area contributed by atoms with Crippen molar-refractivity contribution in [3.05, 3.63) is 46.4 Å². The maximum atomic E-state index is 10.8. The highest BCUT2D eigenvalue weighted by Crippen LogP contribution is 2.20. The van der Waals surface area contributed by atoms with Crippen molar-refractivity contribution in [1.82, 2.24) is 0 Å². The summed E-state index contributed by atoms with van der Waals surface area (Å²) in [4.78, 5) is 10.4. The van der Waals surface area contributed by atoms with E-state index in [1.165, 1.54) is 32.1 Å². The summed E-state index contributed by atoms with van der Waals surface area (Å²) in [5.41, 5.74) is 1.68. The molecule has 0 aromatic heterocycles. The summed E-state index contributed by atoms with van der Waals surface area (Å²) in [6.45, 7) is 5.88. The van der Waals surface area contributed by atoms with Gasteiger partial charge in [-0.15, -0.1) is 0 Å². The largest absolute Gasteiger partial charge is 0.272 e. The molecule has 0 aliphatic heterocycles. The van der Waals surface area contributed by atoms with E-state index >= 15 is 0 Å². The predicted molar refractivity (Wildman–Crippen MR) is 74.6 cm³/mol. The highest BCUT2D eigenvalue weighted by atomic mass is 16.6. The second kappa shape index (κ2) is 7.85. The van der Waals surface area contributed by atoms with Gasteiger partial charge in [-0.05, 0) is 25.3 Å². The molecule has 99 valence electrons. The summed E-state index contributed by atoms with van der Waals surface area (Å²) < 4.78 is 0. The zero-order chi connectivity index (χ0) is 13.4. The number of nitro groups is 1. The van der Waals surface area contributed by atoms with Crippen molar-refractivity contribution in [2.45, 2.75) is 51.9 Å². The number of rotatable bonds is 8. The molecule has 0 spiro atoms. The monoisotopic (exact) mass is 248 g/mol. The van der Waals surface area contributed by atoms with Gasteiger partial charge in [0, 0.05) is 11.6 Å². The zero-order valence-corrected chi connectivity index (χ0v) is 11.2. The van der Waals surface area contributed by atoms with E-state index < -0.39 is 0 Å². The summed E-state index contributed by atoms with van der Waals surface area (Å²) >= 11 is 0. The fourth-order valence-electron chi connectivity index (χ4n) is 2.04. The summed E-state index contributed by atoms with van der Waals surface area (Å²) in [5, 5.41) is 10.8. The third-order valence-corrected chi connectivity index (χ3v) is 3.17. The van der Waals surface area contributed by atoms with Crippen LogP contribution in [0.25, 0.3) is 0 Å². The fraction of sp³-hybridized carbons (Fsp3) is 0.533. The van der Waals surface area contributed by atoms with Gasteiger partial charge in [-0.1, -0.05) is 51.2 Å². The molecule has 3 heteroatoms. The van der Waals surface area contributed by atoms with E-state index in [0.717, 1.165) is 18.4 Å². The molecule has 0 fully saturated rings. The van der Waals surface area contributed by atoms with Crippen LogP contribution in [0.5, 0.6) is 0 Å². The topological polar surface area (TPSA) is 43.1 Å². The molecule has 1 aromatic carbocycles. The normalized spacial score (nSPS) is 10.6. The van der Waals surface area contributed by atoms with Crippen molar-refractivity contribution < 1.29 is 4.92 Å². The van der Waals surface area contributed by atoms with Gasteiger partial charge in [0.1, 0.15) is 0 Å². The molecule has 18 heavy (non-hydrogen) atoms. The quantitative estimate of drug-likeness (QED) is 0.381. The molecule has 0 aliphatic rings. The van der Waals surface area contributed by atoms with Crippen LogP contribution in [0, 0.1) is 17.0 Å². The van der Waals surface area contributed by atoms with Crippen LogP contribution in [0.4, 0.5) is 5.69 Å². The number of hydrogen-bond acceptors (Lipinski definition) is 2. The number of unbranched alkanes of at least 4 members (excludes halogenated alkanes) is 5. The van der Waals surface area contributed by atoms with Gasteiger partial charge in [0.05, 0.1) is 4.92 Å². The van der Waals surface area contributed by atoms with Gasteiger partial charge in [0.2, 0.25) is 0 Å². The molecule has 0 bridgehead atoms. The number of benzene rings is 1. The second-order valence-corrected chi connectivity index (χ2v) is 4.74. The molecular formula is C15H22NO2. The first-order chi connectivity index (χ1) is 8.65. The summed E-state index contributed by atoms with van der Waals surface area (Å²) in [6, 6.07) is 5.35. The Kier molecular flexibility index (Phi) is 6.40. The van der Waals surface area contributed by atoms with Crippen LogP contribution in [0.15, 0.2) is 18.2 Å². The smallest absolute Gasteiger partial charge is 0.258 e. The van der Waals surface area contributed by atoms with E-state index in [2.05, 4.69) is 13.8 Å². The van der Waals surface area contributed by atoms with Crippen LogP contribution in [-0.2, 0) is 6.42 Å². The molecule has 0 unspecified atom stereocenters. The molecule has 1 rings (SSSR count). The Morgan fingerprint density at radius 2 is 1.83 bits per heavy atom. The minimum absolute atomic E-state index is 0.137. The van der Waals surface area contributed by atoms with Gasteiger partial charge in [-0.2, -0.15) is 0 Å². The highest BCUT2D eigenvalue weighted by Gasteiger charge is 2.10. The molecule has 0 atom stereocenters. The van der Waals surface area contributed by atoms with Gasteiger partial charge in [-0.3, -0.25) is 10.1 Å². The standard InChI is InChI=1S/C15H22NO2/c1-3-4-5-6-7-8-9-14-11-10-13(2)15(12-14)16(17)18/h10-12H,2-9H2,1H3. The van der Waals surface area contributed by atoms with Crippen molar-refractivity contribution >= 4 is 5.69 Å². The molecule has 0 saturated heterocycles. The van der Waals surface area contributed by atoms with Crippen molar-refractivity contribution in [3.63, 3.8) is 0 Å². The van der Waals surface area contributed by atoms with Crippen molar-refractivity contribution in [2.75, 3.05) is 0 Å². The van der Waals surface area contributed by atoms with Gasteiger partial charge >= 0.3 is 0 Å². The number of hydrogen-bond donors (Lipinski definition) is 0. The van der Waals surface area contributed by atoms with Gasteiger partial charge in [0.25, 0.3) is 5.69 Å². The fourth-order valence-corrected chi connectivity index (χ4v) is 2.04. The van der Waals surface area contributed by atoms with E-state index in [-0.39, 0.29) is 10.6 Å². The zero-order valence-electron chi connectivity index (χ0n) is 11.2. The number of nitrogens with zero attached hydrogens (tertiary/aromatic N) is 1. The molecule has 0 N–H and O–H groups in total. The van der Waals surface area contributed by atoms with E-state index in [0.29, 0.717) is 5.56 Å². The number of nitro benzene ring substituents is 1. The molecular weight excluding hydrogens is 226 g/mol. The highest BCUT2D eigenvalue weighted by molar-refractivity contribution is 5.44. The first kappa shape index (κ1) is 14.7. The lowest BCUT2D eigenvalue weighted by molar-refractivity contribution is -0.385. The van der Waals surface area contributed by atoms with E-state index in [9.17, 15) is 10.1 Å². The second-order valence-electron chi connectivity index (χ2n) is 4.74. The maximum Gasteiger partial charge on any atom is 0.272 e. The minimum atomic E-state index is -0.354. The van der Waals surface area contributed by atoms with E-state index in [4.69, 9.17) is 0 Å². The third-order valence-electron chi connectivity index (χ3n) is 3.17. The SMILES string of the molecule is [CH2]c1ccc(CCCCCCCC)cc1[N+](=O)[O-]. The van der Waals surface area contributed by atoms with Crippen molar-refractivity contribution in [2.24, 2.45) is 0 Å². The lowest BCUT2D eigenvalue weighted by Crippen LogP contribution is -1.94. The maximum absolute atomic E-state index is 10.8. The number of aryl methyl sites for hydroxylation is 1. The molecule has 3 nitrogen and oxygen atoms in total. The van der Waals surface area contributed by atoms with Crippen LogP contribution in [0.2, 0.25) is 0 Å². The molecule has 1 radical (unpaired) electrons. The van der Waals surface area contributed by atoms with Gasteiger partial charge in [-0.25, -0.2) is 0 Å². The van der Waals surface area contributed by atoms with Crippen LogP contribution < -0.4 is 0 Å². The predicted octanol–water partition coefficient (Wildman–Crippen LogP) is 4.68. The van der Waals surface area contributed by atoms with E-state index in [1.54, 1.807) is 12.1 Å². The Labute approximate surface area is 109 Å². The van der Waals surface area contributed by atoms with Gasteiger partial charge < -0.3 is 0 Å². The third kappa shape index (κ3) is 4.86. The lowest BCUT2D eigenvalue weighted by Gasteiger charge is -2.03. The molecule has 0 amide bonds. The minimum Gasteiger partial charge on any atom is -0.258 e. The first-order valence-electron chi connectivity index (χ1n) is 6.74. The Balaban J connectivity index is 2.38. The first-order valence-corrected chi connectivity index (χ1v) is 6.74. The average Bonchev–Trinajstić information content (AvgIpc) is 2.35. The average molecular weight is 248 g/mol. The summed E-state index contributed by atoms with van der Waals surface area (Å²) in [6.07, 6.45) is 8.38. The Morgan fingerprint density at radius 1 is 1.17 bits per heavy atom. The lowest BCUT2D eigenvalue weighted by atomic mass is 10.0. The van der Waals surface area contributed by atoms with Crippen LogP contribution >= 0.6 is 0 Å². The molecule has 0 saturated carbocycles. The molecule has 0 aliphatic carbocycles.